The van der Waals surface area contributed by atoms with Crippen LogP contribution in [0.25, 0.3) is 0 Å². The van der Waals surface area contributed by atoms with Gasteiger partial charge in [-0.15, -0.1) is 12.3 Å². The summed E-state index contributed by atoms with van der Waals surface area (Å²) in [5.41, 5.74) is 7.34. The smallest absolute Gasteiger partial charge is 0.245 e. The van der Waals surface area contributed by atoms with Gasteiger partial charge >= 0.3 is 0 Å². The van der Waals surface area contributed by atoms with Gasteiger partial charge in [-0.25, -0.2) is 0 Å². The summed E-state index contributed by atoms with van der Waals surface area (Å²) in [5, 5.41) is 2.79. The molecular weight excluding hydrogens is 646 g/mol. The highest BCUT2D eigenvalue weighted by Gasteiger charge is 2.35. The van der Waals surface area contributed by atoms with Crippen LogP contribution in [0.2, 0.25) is 0 Å². The number of likely N-dealkylation sites (N-methyl/N-ethyl adjacent to an activating group) is 3. The number of amides is 5. The Labute approximate surface area is 304 Å². The Hall–Kier alpha value is -4.85. The summed E-state index contributed by atoms with van der Waals surface area (Å²) in [5.74, 6) is 0.988. The van der Waals surface area contributed by atoms with E-state index in [1.54, 1.807) is 52.3 Å². The lowest BCUT2D eigenvalue weighted by atomic mass is 9.91. The number of nitrogens with two attached hydrogens (primary N) is 1. The highest BCUT2D eigenvalue weighted by atomic mass is 16.5. The molecule has 11 heteroatoms. The zero-order valence-electron chi connectivity index (χ0n) is 31.6. The van der Waals surface area contributed by atoms with Gasteiger partial charge in [0.2, 0.25) is 29.5 Å². The number of benzene rings is 2. The van der Waals surface area contributed by atoms with Crippen molar-refractivity contribution in [3.8, 4) is 18.1 Å². The number of carbonyl (C=O) groups excluding carboxylic acids is 5. The average molecular weight is 704 g/mol. The highest BCUT2D eigenvalue weighted by molar-refractivity contribution is 5.95. The number of ether oxygens (including phenoxy) is 1. The first kappa shape index (κ1) is 42.3. The summed E-state index contributed by atoms with van der Waals surface area (Å²) in [4.78, 5) is 71.0. The van der Waals surface area contributed by atoms with Crippen LogP contribution >= 0.6 is 0 Å². The Kier molecular flexibility index (Phi) is 17.2. The lowest BCUT2D eigenvalue weighted by molar-refractivity contribution is -0.148. The van der Waals surface area contributed by atoms with Gasteiger partial charge in [0.1, 0.15) is 29.9 Å². The predicted octanol–water partition coefficient (Wildman–Crippen LogP) is 3.83. The van der Waals surface area contributed by atoms with E-state index < -0.39 is 47.8 Å². The standard InChI is InChI=1S/C40H57N5O6/c1-10-11-12-14-17-27(2)24-28(3)38(48)45(8)35(26-31-18-15-13-16-19-31)37(47)42-29(4)39(49)43(6)30(5)40(50)44(7)34(36(41)46)25-32-20-22-33(51-9)23-21-32/h1,13,15-16,18-23,27-30,34-35H,11-12,14,17,24-26H2,2-9H3,(H2,41,46)(H,42,47)/t27-,28-,29+,30+,34+,35+/m1/s1. The molecule has 0 aliphatic heterocycles. The van der Waals surface area contributed by atoms with Crippen LogP contribution in [0.1, 0.15) is 70.9 Å². The van der Waals surface area contributed by atoms with Crippen LogP contribution < -0.4 is 15.8 Å². The summed E-state index contributed by atoms with van der Waals surface area (Å²) in [7, 11) is 6.12. The quantitative estimate of drug-likeness (QED) is 0.159. The molecule has 0 heterocycles. The SMILES string of the molecule is C#CCCCC[C@@H](C)C[C@@H](C)C(=O)N(C)[C@@H](Cc1ccccc1)C(=O)N[C@@H](C)C(=O)N(C)[C@@H](C)C(=O)N(C)[C@@H](Cc1ccc(OC)cc1)C(N)=O. The number of nitrogens with one attached hydrogen (secondary N) is 1. The second kappa shape index (κ2) is 20.7. The van der Waals surface area contributed by atoms with E-state index >= 15 is 0 Å². The first-order valence-corrected chi connectivity index (χ1v) is 17.6. The van der Waals surface area contributed by atoms with Crippen LogP contribution in [0.3, 0.4) is 0 Å². The third kappa shape index (κ3) is 12.8. The zero-order valence-corrected chi connectivity index (χ0v) is 31.6. The highest BCUT2D eigenvalue weighted by Crippen LogP contribution is 2.22. The van der Waals surface area contributed by atoms with Crippen molar-refractivity contribution in [2.75, 3.05) is 28.3 Å². The summed E-state index contributed by atoms with van der Waals surface area (Å²) in [6.07, 6.45) is 10.1. The molecule has 0 saturated heterocycles. The van der Waals surface area contributed by atoms with E-state index in [2.05, 4.69) is 18.2 Å². The Morgan fingerprint density at radius 1 is 0.784 bits per heavy atom. The van der Waals surface area contributed by atoms with E-state index in [4.69, 9.17) is 16.9 Å². The van der Waals surface area contributed by atoms with Gasteiger partial charge in [-0.2, -0.15) is 0 Å². The van der Waals surface area contributed by atoms with Gasteiger partial charge in [-0.05, 0) is 55.9 Å². The maximum Gasteiger partial charge on any atom is 0.245 e. The zero-order chi connectivity index (χ0) is 38.2. The lowest BCUT2D eigenvalue weighted by Gasteiger charge is -2.34. The summed E-state index contributed by atoms with van der Waals surface area (Å²) >= 11 is 0. The first-order valence-electron chi connectivity index (χ1n) is 17.6. The molecule has 0 bridgehead atoms. The molecule has 2 aromatic carbocycles. The van der Waals surface area contributed by atoms with Crippen molar-refractivity contribution in [2.45, 2.75) is 96.8 Å². The van der Waals surface area contributed by atoms with E-state index in [0.717, 1.165) is 36.8 Å². The van der Waals surface area contributed by atoms with E-state index in [9.17, 15) is 24.0 Å². The number of hydrogen-bond acceptors (Lipinski definition) is 6. The molecule has 0 aliphatic carbocycles. The number of hydrogen-bond donors (Lipinski definition) is 2. The molecule has 0 fully saturated rings. The predicted molar refractivity (Wildman–Crippen MR) is 199 cm³/mol. The monoisotopic (exact) mass is 703 g/mol. The fraction of sp³-hybridized carbons (Fsp3) is 0.525. The van der Waals surface area contributed by atoms with Gasteiger partial charge < -0.3 is 30.5 Å². The fourth-order valence-electron chi connectivity index (χ4n) is 6.18. The summed E-state index contributed by atoms with van der Waals surface area (Å²) in [6.45, 7) is 7.10. The van der Waals surface area contributed by atoms with Crippen molar-refractivity contribution in [1.82, 2.24) is 20.0 Å². The van der Waals surface area contributed by atoms with Crippen molar-refractivity contribution in [1.29, 1.82) is 0 Å². The largest absolute Gasteiger partial charge is 0.497 e. The normalized spacial score (nSPS) is 14.4. The Bertz CT molecular complexity index is 1490. The van der Waals surface area contributed by atoms with Crippen LogP contribution in [0.5, 0.6) is 5.75 Å². The molecule has 278 valence electrons. The van der Waals surface area contributed by atoms with Gasteiger partial charge in [0.15, 0.2) is 0 Å². The molecule has 51 heavy (non-hydrogen) atoms. The number of rotatable bonds is 20. The second-order valence-corrected chi connectivity index (χ2v) is 13.6. The van der Waals surface area contributed by atoms with E-state index in [-0.39, 0.29) is 24.7 Å². The van der Waals surface area contributed by atoms with E-state index in [1.165, 1.54) is 28.8 Å². The summed E-state index contributed by atoms with van der Waals surface area (Å²) < 4.78 is 5.19. The van der Waals surface area contributed by atoms with Gasteiger partial charge in [0.05, 0.1) is 7.11 Å². The molecule has 0 spiro atoms. The topological polar surface area (TPSA) is 142 Å². The fourth-order valence-corrected chi connectivity index (χ4v) is 6.18. The second-order valence-electron chi connectivity index (χ2n) is 13.6. The van der Waals surface area contributed by atoms with Crippen molar-refractivity contribution in [2.24, 2.45) is 17.6 Å². The minimum atomic E-state index is -1.02. The van der Waals surface area contributed by atoms with Crippen molar-refractivity contribution in [3.05, 3.63) is 65.7 Å². The Balaban J connectivity index is 2.14. The molecule has 6 atom stereocenters. The first-order chi connectivity index (χ1) is 24.1. The Morgan fingerprint density at radius 2 is 1.35 bits per heavy atom. The summed E-state index contributed by atoms with van der Waals surface area (Å²) in [6, 6.07) is 12.6. The number of nitrogens with zero attached hydrogens (tertiary/aromatic N) is 3. The van der Waals surface area contributed by atoms with Gasteiger partial charge in [0.25, 0.3) is 0 Å². The molecular formula is C40H57N5O6. The van der Waals surface area contributed by atoms with Crippen molar-refractivity contribution in [3.63, 3.8) is 0 Å². The average Bonchev–Trinajstić information content (AvgIpc) is 3.12. The minimum absolute atomic E-state index is 0.154. The van der Waals surface area contributed by atoms with E-state index in [1.807, 2.05) is 37.3 Å². The molecule has 0 aliphatic rings. The molecule has 0 radical (unpaired) electrons. The molecule has 11 nitrogen and oxygen atoms in total. The molecule has 2 aromatic rings. The van der Waals surface area contributed by atoms with Crippen molar-refractivity contribution < 1.29 is 28.7 Å². The molecule has 0 saturated carbocycles. The molecule has 0 aromatic heterocycles. The molecule has 2 rings (SSSR count). The van der Waals surface area contributed by atoms with Crippen LogP contribution in [0.15, 0.2) is 54.6 Å². The maximum absolute atomic E-state index is 13.8. The van der Waals surface area contributed by atoms with Crippen molar-refractivity contribution >= 4 is 29.5 Å². The third-order valence-corrected chi connectivity index (χ3v) is 9.58. The molecule has 5 amide bonds. The Morgan fingerprint density at radius 3 is 1.92 bits per heavy atom. The van der Waals surface area contributed by atoms with Gasteiger partial charge in [-0.1, -0.05) is 69.2 Å². The molecule has 0 unspecified atom stereocenters. The number of terminal acetylenes is 1. The van der Waals surface area contributed by atoms with Crippen LogP contribution in [-0.4, -0.2) is 96.7 Å². The third-order valence-electron chi connectivity index (χ3n) is 9.58. The van der Waals surface area contributed by atoms with Crippen LogP contribution in [-0.2, 0) is 36.8 Å². The van der Waals surface area contributed by atoms with Crippen LogP contribution in [0.4, 0.5) is 0 Å². The van der Waals surface area contributed by atoms with Gasteiger partial charge in [-0.3, -0.25) is 24.0 Å². The molecule has 3 N–H and O–H groups in total. The van der Waals surface area contributed by atoms with Crippen LogP contribution in [0, 0.1) is 24.2 Å². The number of methoxy groups -OCH3 is 1. The van der Waals surface area contributed by atoms with E-state index in [0.29, 0.717) is 18.1 Å². The minimum Gasteiger partial charge on any atom is -0.497 e. The van der Waals surface area contributed by atoms with Gasteiger partial charge in [0, 0.05) is 46.3 Å². The number of unbranched alkanes of at least 4 members (excludes halogenated alkanes) is 2. The maximum atomic E-state index is 13.8. The number of primary amides is 1. The lowest BCUT2D eigenvalue weighted by Crippen LogP contribution is -2.58. The number of carbonyl (C=O) groups is 5.